The summed E-state index contributed by atoms with van der Waals surface area (Å²) in [7, 11) is -3.78. The van der Waals surface area contributed by atoms with Gasteiger partial charge in [0.25, 0.3) is 15.9 Å². The molecule has 2 heterocycles. The van der Waals surface area contributed by atoms with Crippen LogP contribution in [0.3, 0.4) is 0 Å². The molecule has 1 N–H and O–H groups in total. The minimum atomic E-state index is -3.78. The van der Waals surface area contributed by atoms with Gasteiger partial charge in [-0.25, -0.2) is 13.4 Å². The molecule has 0 unspecified atom stereocenters. The van der Waals surface area contributed by atoms with E-state index in [1.807, 2.05) is 0 Å². The molecule has 0 saturated heterocycles. The molecule has 4 rings (SSSR count). The van der Waals surface area contributed by atoms with Gasteiger partial charge in [-0.15, -0.1) is 11.3 Å². The van der Waals surface area contributed by atoms with Crippen molar-refractivity contribution in [1.29, 1.82) is 0 Å². The van der Waals surface area contributed by atoms with Crippen molar-refractivity contribution in [3.63, 3.8) is 0 Å². The maximum Gasteiger partial charge on any atom is 0.263 e. The third-order valence-corrected chi connectivity index (χ3v) is 6.90. The molecule has 0 bridgehead atoms. The summed E-state index contributed by atoms with van der Waals surface area (Å²) in [6, 6.07) is 10.8. The van der Waals surface area contributed by atoms with Gasteiger partial charge in [0, 0.05) is 28.7 Å². The third-order valence-electron chi connectivity index (χ3n) is 4.01. The molecule has 0 aliphatic heterocycles. The van der Waals surface area contributed by atoms with Gasteiger partial charge in [-0.3, -0.25) is 14.1 Å². The fraction of sp³-hybridized carbons (Fsp3) is 0. The number of halogens is 2. The molecule has 6 nitrogen and oxygen atoms in total. The Bertz CT molecular complexity index is 1300. The molecule has 0 fully saturated rings. The molecule has 0 spiro atoms. The number of rotatable bonds is 4. The second kappa shape index (κ2) is 7.21. The van der Waals surface area contributed by atoms with Crippen molar-refractivity contribution in [2.24, 2.45) is 0 Å². The lowest BCUT2D eigenvalue weighted by Crippen LogP contribution is -2.13. The van der Waals surface area contributed by atoms with E-state index in [-0.39, 0.29) is 21.0 Å². The number of anilines is 1. The van der Waals surface area contributed by atoms with E-state index in [2.05, 4.69) is 9.71 Å². The van der Waals surface area contributed by atoms with E-state index in [1.165, 1.54) is 40.3 Å². The van der Waals surface area contributed by atoms with Crippen LogP contribution in [0, 0.1) is 0 Å². The van der Waals surface area contributed by atoms with Gasteiger partial charge in [0.2, 0.25) is 0 Å². The maximum atomic E-state index is 12.8. The summed E-state index contributed by atoms with van der Waals surface area (Å²) in [5.41, 5.74) is 0.943. The highest BCUT2D eigenvalue weighted by molar-refractivity contribution is 7.93. The largest absolute Gasteiger partial charge is 0.283 e. The van der Waals surface area contributed by atoms with Crippen LogP contribution in [0.1, 0.15) is 10.4 Å². The molecular weight excluding hydrogens is 441 g/mol. The summed E-state index contributed by atoms with van der Waals surface area (Å²) >= 11 is 13.1. The first kappa shape index (κ1) is 18.9. The summed E-state index contributed by atoms with van der Waals surface area (Å²) in [4.78, 5) is 16.8. The lowest BCUT2D eigenvalue weighted by molar-refractivity contribution is 0.0965. The van der Waals surface area contributed by atoms with Gasteiger partial charge in [0.1, 0.15) is 0 Å². The van der Waals surface area contributed by atoms with Crippen molar-refractivity contribution in [3.05, 3.63) is 75.8 Å². The van der Waals surface area contributed by atoms with Crippen LogP contribution in [0.2, 0.25) is 10.0 Å². The summed E-state index contributed by atoms with van der Waals surface area (Å²) in [5, 5.41) is 3.21. The summed E-state index contributed by atoms with van der Waals surface area (Å²) < 4.78 is 28.9. The predicted octanol–water partition coefficient (Wildman–Crippen LogP) is 4.89. The molecule has 0 radical (unpaired) electrons. The number of carbonyl (C=O) groups is 1. The topological polar surface area (TPSA) is 81.1 Å². The zero-order chi connectivity index (χ0) is 19.9. The van der Waals surface area contributed by atoms with E-state index in [4.69, 9.17) is 23.2 Å². The number of fused-ring (bicyclic) bond motifs is 1. The van der Waals surface area contributed by atoms with E-state index in [1.54, 1.807) is 35.8 Å². The van der Waals surface area contributed by atoms with Crippen LogP contribution in [0.25, 0.3) is 10.9 Å². The van der Waals surface area contributed by atoms with Crippen molar-refractivity contribution < 1.29 is 13.2 Å². The van der Waals surface area contributed by atoms with Gasteiger partial charge in [0.15, 0.2) is 5.13 Å². The Morgan fingerprint density at radius 1 is 1.07 bits per heavy atom. The lowest BCUT2D eigenvalue weighted by atomic mass is 10.2. The van der Waals surface area contributed by atoms with E-state index in [0.29, 0.717) is 21.5 Å². The van der Waals surface area contributed by atoms with Crippen molar-refractivity contribution >= 4 is 66.5 Å². The fourth-order valence-electron chi connectivity index (χ4n) is 2.68. The number of nitrogens with zero attached hydrogens (tertiary/aromatic N) is 2. The van der Waals surface area contributed by atoms with E-state index in [9.17, 15) is 13.2 Å². The Morgan fingerprint density at radius 3 is 2.61 bits per heavy atom. The zero-order valence-electron chi connectivity index (χ0n) is 14.0. The van der Waals surface area contributed by atoms with E-state index in [0.717, 1.165) is 0 Å². The normalized spacial score (nSPS) is 11.6. The molecule has 2 aromatic carbocycles. The molecule has 0 saturated carbocycles. The van der Waals surface area contributed by atoms with Crippen molar-refractivity contribution in [1.82, 2.24) is 9.55 Å². The predicted molar refractivity (Wildman–Crippen MR) is 111 cm³/mol. The Morgan fingerprint density at radius 2 is 1.89 bits per heavy atom. The first-order chi connectivity index (χ1) is 13.3. The van der Waals surface area contributed by atoms with Crippen molar-refractivity contribution in [3.8, 4) is 0 Å². The molecule has 2 aromatic heterocycles. The Labute approximate surface area is 174 Å². The molecule has 0 aliphatic rings. The van der Waals surface area contributed by atoms with Gasteiger partial charge in [-0.2, -0.15) is 0 Å². The number of carbonyl (C=O) groups excluding carboxylic acids is 1. The highest BCUT2D eigenvalue weighted by Crippen LogP contribution is 2.26. The fourth-order valence-corrected chi connectivity index (χ4v) is 4.80. The summed E-state index contributed by atoms with van der Waals surface area (Å²) in [6.45, 7) is 0. The minimum absolute atomic E-state index is 0.0786. The first-order valence-corrected chi connectivity index (χ1v) is 11.0. The van der Waals surface area contributed by atoms with Crippen molar-refractivity contribution in [2.75, 3.05) is 4.72 Å². The van der Waals surface area contributed by atoms with Crippen molar-refractivity contribution in [2.45, 2.75) is 4.90 Å². The monoisotopic (exact) mass is 451 g/mol. The Kier molecular flexibility index (Phi) is 4.88. The first-order valence-electron chi connectivity index (χ1n) is 7.88. The summed E-state index contributed by atoms with van der Waals surface area (Å²) in [5.74, 6) is -0.301. The molecule has 142 valence electrons. The van der Waals surface area contributed by atoms with Crippen LogP contribution in [0.4, 0.5) is 5.13 Å². The Balaban J connectivity index is 1.70. The molecule has 10 heteroatoms. The Hall–Kier alpha value is -2.39. The van der Waals surface area contributed by atoms with E-state index >= 15 is 0 Å². The quantitative estimate of drug-likeness (QED) is 0.478. The molecule has 0 amide bonds. The van der Waals surface area contributed by atoms with Gasteiger partial charge < -0.3 is 0 Å². The number of thiazole rings is 1. The standard InChI is InChI=1S/C18H11Cl2N3O3S2/c19-14-3-1-12(10-15(14)20)17(24)23-7-5-11-9-13(2-4-16(11)23)28(25,26)22-18-21-6-8-27-18/h1-10H,(H,21,22). The highest BCUT2D eigenvalue weighted by Gasteiger charge is 2.18. The number of nitrogens with one attached hydrogen (secondary N) is 1. The molecule has 0 atom stereocenters. The van der Waals surface area contributed by atoms with Crippen LogP contribution in [-0.4, -0.2) is 23.9 Å². The highest BCUT2D eigenvalue weighted by atomic mass is 35.5. The van der Waals surface area contributed by atoms with Gasteiger partial charge in [-0.1, -0.05) is 23.2 Å². The lowest BCUT2D eigenvalue weighted by Gasteiger charge is -2.08. The third kappa shape index (κ3) is 3.51. The zero-order valence-corrected chi connectivity index (χ0v) is 17.1. The number of benzene rings is 2. The van der Waals surface area contributed by atoms with E-state index < -0.39 is 10.0 Å². The van der Waals surface area contributed by atoms with Gasteiger partial charge in [0.05, 0.1) is 20.5 Å². The van der Waals surface area contributed by atoms with Crippen LogP contribution in [0.5, 0.6) is 0 Å². The van der Waals surface area contributed by atoms with Crippen LogP contribution in [-0.2, 0) is 10.0 Å². The molecule has 4 aromatic rings. The smallest absolute Gasteiger partial charge is 0.263 e. The van der Waals surface area contributed by atoms with Crippen LogP contribution in [0.15, 0.2) is 65.1 Å². The van der Waals surface area contributed by atoms with Gasteiger partial charge >= 0.3 is 0 Å². The second-order valence-corrected chi connectivity index (χ2v) is 9.17. The van der Waals surface area contributed by atoms with Crippen LogP contribution < -0.4 is 4.72 Å². The SMILES string of the molecule is O=C(c1ccc(Cl)c(Cl)c1)n1ccc2cc(S(=O)(=O)Nc3nccs3)ccc21. The van der Waals surface area contributed by atoms with Crippen LogP contribution >= 0.6 is 34.5 Å². The number of aromatic nitrogens is 2. The average molecular weight is 452 g/mol. The molecule has 0 aliphatic carbocycles. The average Bonchev–Trinajstić information content (AvgIpc) is 3.32. The minimum Gasteiger partial charge on any atom is -0.283 e. The molecular formula is C18H11Cl2N3O3S2. The maximum absolute atomic E-state index is 12.8. The van der Waals surface area contributed by atoms with Gasteiger partial charge in [-0.05, 0) is 42.5 Å². The molecule has 28 heavy (non-hydrogen) atoms. The summed E-state index contributed by atoms with van der Waals surface area (Å²) in [6.07, 6.45) is 3.10. The second-order valence-electron chi connectivity index (χ2n) is 5.78. The number of sulfonamides is 1. The number of hydrogen-bond acceptors (Lipinski definition) is 5. The number of hydrogen-bond donors (Lipinski definition) is 1.